The van der Waals surface area contributed by atoms with Crippen LogP contribution in [0.5, 0.6) is 0 Å². The van der Waals surface area contributed by atoms with E-state index in [1.54, 1.807) is 31.2 Å². The first-order chi connectivity index (χ1) is 12.0. The Hall–Kier alpha value is -2.90. The van der Waals surface area contributed by atoms with Gasteiger partial charge < -0.3 is 4.74 Å². The number of benzene rings is 1. The van der Waals surface area contributed by atoms with E-state index in [-0.39, 0.29) is 35.3 Å². The molecule has 0 aliphatic heterocycles. The van der Waals surface area contributed by atoms with E-state index in [1.807, 2.05) is 0 Å². The summed E-state index contributed by atoms with van der Waals surface area (Å²) in [7, 11) is 0. The predicted molar refractivity (Wildman–Crippen MR) is 92.0 cm³/mol. The SMILES string of the molecule is CCOC(=O)C1=C(Cc2ccc(Cl)cc2)C(=O)C2=C=C=CC=C2C1=O. The summed E-state index contributed by atoms with van der Waals surface area (Å²) >= 11 is 5.88. The van der Waals surface area contributed by atoms with E-state index in [0.29, 0.717) is 5.02 Å². The van der Waals surface area contributed by atoms with Crippen molar-refractivity contribution < 1.29 is 19.1 Å². The number of hydrogen-bond donors (Lipinski definition) is 0. The molecule has 0 radical (unpaired) electrons. The Bertz CT molecular complexity index is 948. The first-order valence-electron chi connectivity index (χ1n) is 7.69. The van der Waals surface area contributed by atoms with Crippen molar-refractivity contribution in [1.29, 1.82) is 0 Å². The Balaban J connectivity index is 2.14. The van der Waals surface area contributed by atoms with Crippen LogP contribution in [0.2, 0.25) is 5.02 Å². The van der Waals surface area contributed by atoms with Crippen LogP contribution in [0, 0.1) is 0 Å². The van der Waals surface area contributed by atoms with Crippen LogP contribution in [0.4, 0.5) is 0 Å². The first-order valence-corrected chi connectivity index (χ1v) is 8.07. The lowest BCUT2D eigenvalue weighted by Gasteiger charge is -2.21. The van der Waals surface area contributed by atoms with E-state index >= 15 is 0 Å². The van der Waals surface area contributed by atoms with Crippen LogP contribution in [0.1, 0.15) is 12.5 Å². The van der Waals surface area contributed by atoms with Gasteiger partial charge in [0, 0.05) is 22.6 Å². The highest BCUT2D eigenvalue weighted by Gasteiger charge is 2.39. The third-order valence-electron chi connectivity index (χ3n) is 3.85. The number of rotatable bonds is 4. The fourth-order valence-electron chi connectivity index (χ4n) is 2.69. The zero-order valence-electron chi connectivity index (χ0n) is 13.4. The fraction of sp³-hybridized carbons (Fsp3) is 0.150. The number of ether oxygens (including phenoxy) is 1. The van der Waals surface area contributed by atoms with E-state index in [0.717, 1.165) is 5.56 Å². The molecule has 1 aromatic rings. The Morgan fingerprint density at radius 3 is 2.56 bits per heavy atom. The maximum Gasteiger partial charge on any atom is 0.342 e. The summed E-state index contributed by atoms with van der Waals surface area (Å²) < 4.78 is 4.99. The molecule has 0 atom stereocenters. The highest BCUT2D eigenvalue weighted by atomic mass is 35.5. The van der Waals surface area contributed by atoms with Crippen LogP contribution in [-0.2, 0) is 25.5 Å². The molecule has 3 rings (SSSR count). The zero-order valence-corrected chi connectivity index (χ0v) is 14.1. The molecule has 0 N–H and O–H groups in total. The van der Waals surface area contributed by atoms with Crippen molar-refractivity contribution in [2.45, 2.75) is 13.3 Å². The molecule has 2 aliphatic rings. The standard InChI is InChI=1S/C20H13ClO4/c1-2-25-20(24)17-16(11-12-7-9-13(21)10-8-12)18(22)14-5-3-4-6-15(14)19(17)23/h4,6-10H,2,11H2,1H3. The number of esters is 1. The van der Waals surface area contributed by atoms with Gasteiger partial charge in [-0.2, -0.15) is 0 Å². The van der Waals surface area contributed by atoms with E-state index in [9.17, 15) is 14.4 Å². The van der Waals surface area contributed by atoms with Crippen LogP contribution in [0.3, 0.4) is 0 Å². The minimum atomic E-state index is -0.789. The van der Waals surface area contributed by atoms with Gasteiger partial charge in [0.2, 0.25) is 5.78 Å². The summed E-state index contributed by atoms with van der Waals surface area (Å²) in [6, 6.07) is 6.85. The highest BCUT2D eigenvalue weighted by Crippen LogP contribution is 2.31. The largest absolute Gasteiger partial charge is 0.462 e. The number of carbonyl (C=O) groups is 3. The van der Waals surface area contributed by atoms with Crippen LogP contribution in [-0.4, -0.2) is 24.1 Å². The quantitative estimate of drug-likeness (QED) is 0.474. The van der Waals surface area contributed by atoms with Crippen molar-refractivity contribution in [2.75, 3.05) is 6.61 Å². The van der Waals surface area contributed by atoms with Crippen molar-refractivity contribution in [1.82, 2.24) is 0 Å². The number of halogens is 1. The second-order valence-corrected chi connectivity index (χ2v) is 5.86. The lowest BCUT2D eigenvalue weighted by molar-refractivity contribution is -0.140. The zero-order chi connectivity index (χ0) is 18.0. The van der Waals surface area contributed by atoms with E-state index in [1.165, 1.54) is 12.2 Å². The van der Waals surface area contributed by atoms with Crippen LogP contribution < -0.4 is 0 Å². The maximum absolute atomic E-state index is 12.9. The molecule has 0 saturated carbocycles. The van der Waals surface area contributed by atoms with Gasteiger partial charge in [0.25, 0.3) is 0 Å². The molecule has 124 valence electrons. The minimum absolute atomic E-state index is 0.106. The van der Waals surface area contributed by atoms with Gasteiger partial charge >= 0.3 is 5.97 Å². The summed E-state index contributed by atoms with van der Waals surface area (Å²) in [6.07, 6.45) is 3.07. The third-order valence-corrected chi connectivity index (χ3v) is 4.10. The third kappa shape index (κ3) is 3.19. The van der Waals surface area contributed by atoms with Gasteiger partial charge in [-0.05, 0) is 36.8 Å². The normalized spacial score (nSPS) is 15.8. The lowest BCUT2D eigenvalue weighted by Crippen LogP contribution is -2.30. The number of carbonyl (C=O) groups excluding carboxylic acids is 3. The predicted octanol–water partition coefficient (Wildman–Crippen LogP) is 3.07. The van der Waals surface area contributed by atoms with Crippen LogP contribution in [0.25, 0.3) is 0 Å². The topological polar surface area (TPSA) is 60.4 Å². The monoisotopic (exact) mass is 352 g/mol. The maximum atomic E-state index is 12.9. The second kappa shape index (κ2) is 6.92. The van der Waals surface area contributed by atoms with Crippen molar-refractivity contribution >= 4 is 29.1 Å². The Morgan fingerprint density at radius 2 is 1.88 bits per heavy atom. The molecule has 5 heteroatoms. The molecule has 0 unspecified atom stereocenters. The van der Waals surface area contributed by atoms with Crippen molar-refractivity contribution in [3.05, 3.63) is 80.8 Å². The van der Waals surface area contributed by atoms with Crippen LogP contribution >= 0.6 is 11.6 Å². The van der Waals surface area contributed by atoms with Crippen LogP contribution in [0.15, 0.2) is 70.2 Å². The van der Waals surface area contributed by atoms with Gasteiger partial charge in [-0.1, -0.05) is 35.2 Å². The highest BCUT2D eigenvalue weighted by molar-refractivity contribution is 6.37. The number of allylic oxidation sites excluding steroid dienone is 5. The van der Waals surface area contributed by atoms with E-state index in [2.05, 4.69) is 11.5 Å². The average molecular weight is 353 g/mol. The second-order valence-electron chi connectivity index (χ2n) is 5.43. The molecule has 1 aromatic carbocycles. The minimum Gasteiger partial charge on any atom is -0.462 e. The lowest BCUT2D eigenvalue weighted by atomic mass is 9.79. The van der Waals surface area contributed by atoms with Gasteiger partial charge in [-0.3, -0.25) is 9.59 Å². The number of hydrogen-bond acceptors (Lipinski definition) is 4. The van der Waals surface area contributed by atoms with Gasteiger partial charge in [-0.25, -0.2) is 4.79 Å². The molecule has 0 aromatic heterocycles. The fourth-order valence-corrected chi connectivity index (χ4v) is 2.81. The Kier molecular flexibility index (Phi) is 4.69. The molecule has 4 nitrogen and oxygen atoms in total. The number of Topliss-reactive ketones (excluding diaryl/α,β-unsaturated/α-hetero) is 2. The van der Waals surface area contributed by atoms with Gasteiger partial charge in [0.05, 0.1) is 12.2 Å². The molecule has 0 saturated heterocycles. The van der Waals surface area contributed by atoms with E-state index in [4.69, 9.17) is 16.3 Å². The molecule has 25 heavy (non-hydrogen) atoms. The molecular formula is C20H13ClO4. The van der Waals surface area contributed by atoms with Crippen molar-refractivity contribution in [3.8, 4) is 0 Å². The molecular weight excluding hydrogens is 340 g/mol. The average Bonchev–Trinajstić information content (AvgIpc) is 2.61. The van der Waals surface area contributed by atoms with Crippen molar-refractivity contribution in [2.24, 2.45) is 0 Å². The summed E-state index contributed by atoms with van der Waals surface area (Å²) in [5.74, 6) is -1.73. The molecule has 0 bridgehead atoms. The molecule has 0 spiro atoms. The van der Waals surface area contributed by atoms with Gasteiger partial charge in [0.1, 0.15) is 5.57 Å². The molecule has 0 fully saturated rings. The molecule has 0 amide bonds. The van der Waals surface area contributed by atoms with Gasteiger partial charge in [-0.15, -0.1) is 0 Å². The smallest absolute Gasteiger partial charge is 0.342 e. The molecule has 0 heterocycles. The Morgan fingerprint density at radius 1 is 1.16 bits per heavy atom. The Labute approximate surface area is 149 Å². The number of fused-ring (bicyclic) bond motifs is 1. The first kappa shape index (κ1) is 16.9. The van der Waals surface area contributed by atoms with Gasteiger partial charge in [0.15, 0.2) is 5.78 Å². The summed E-state index contributed by atoms with van der Waals surface area (Å²) in [5, 5.41) is 0.558. The summed E-state index contributed by atoms with van der Waals surface area (Å²) in [4.78, 5) is 38.0. The summed E-state index contributed by atoms with van der Waals surface area (Å²) in [6.45, 7) is 1.75. The van der Waals surface area contributed by atoms with E-state index < -0.39 is 17.5 Å². The molecule has 2 aliphatic carbocycles. The van der Waals surface area contributed by atoms with Crippen molar-refractivity contribution in [3.63, 3.8) is 0 Å². The summed E-state index contributed by atoms with van der Waals surface area (Å²) in [5.41, 5.74) is 6.28. The number of ketones is 2.